The number of esters is 1. The quantitative estimate of drug-likeness (QED) is 0.490. The topological polar surface area (TPSA) is 55.8 Å². The van der Waals surface area contributed by atoms with E-state index >= 15 is 0 Å². The number of amides is 1. The van der Waals surface area contributed by atoms with Gasteiger partial charge in [0.05, 0.1) is 20.6 Å². The van der Waals surface area contributed by atoms with Crippen LogP contribution in [-0.4, -0.2) is 44.1 Å². The van der Waals surface area contributed by atoms with Crippen molar-refractivity contribution >= 4 is 11.9 Å². The van der Waals surface area contributed by atoms with Crippen LogP contribution in [0.3, 0.4) is 0 Å². The second kappa shape index (κ2) is 10.6. The summed E-state index contributed by atoms with van der Waals surface area (Å²) in [6.07, 6.45) is 4.54. The number of carbonyl (C=O) groups is 2. The van der Waals surface area contributed by atoms with Gasteiger partial charge in [0.15, 0.2) is 0 Å². The number of methoxy groups -OCH3 is 2. The third kappa shape index (κ3) is 6.72. The molecule has 1 aromatic carbocycles. The molecule has 0 radical (unpaired) electrons. The van der Waals surface area contributed by atoms with Crippen LogP contribution in [0.4, 0.5) is 0 Å². The molecule has 0 aromatic heterocycles. The summed E-state index contributed by atoms with van der Waals surface area (Å²) < 4.78 is 9.77. The summed E-state index contributed by atoms with van der Waals surface area (Å²) in [7, 11) is 2.95. The molecule has 5 heteroatoms. The maximum Gasteiger partial charge on any atom is 0.307 e. The van der Waals surface area contributed by atoms with Crippen LogP contribution in [0.5, 0.6) is 5.75 Å². The van der Waals surface area contributed by atoms with Gasteiger partial charge in [0.25, 0.3) is 5.91 Å². The van der Waals surface area contributed by atoms with E-state index in [-0.39, 0.29) is 18.3 Å². The van der Waals surface area contributed by atoms with Crippen molar-refractivity contribution in [2.24, 2.45) is 0 Å². The van der Waals surface area contributed by atoms with Crippen molar-refractivity contribution in [3.8, 4) is 5.75 Å². The zero-order valence-corrected chi connectivity index (χ0v) is 14.3. The lowest BCUT2D eigenvalue weighted by Gasteiger charge is -2.22. The van der Waals surface area contributed by atoms with E-state index in [1.165, 1.54) is 7.11 Å². The van der Waals surface area contributed by atoms with Crippen LogP contribution in [0.2, 0.25) is 0 Å². The van der Waals surface area contributed by atoms with E-state index in [9.17, 15) is 9.59 Å². The van der Waals surface area contributed by atoms with Crippen molar-refractivity contribution in [3.05, 3.63) is 29.8 Å². The zero-order chi connectivity index (χ0) is 17.1. The van der Waals surface area contributed by atoms with Crippen LogP contribution in [0.1, 0.15) is 49.4 Å². The zero-order valence-electron chi connectivity index (χ0n) is 14.3. The molecule has 0 aliphatic carbocycles. The number of hydrogen-bond acceptors (Lipinski definition) is 4. The van der Waals surface area contributed by atoms with Gasteiger partial charge >= 0.3 is 5.97 Å². The molecule has 1 amide bonds. The number of unbranched alkanes of at least 4 members (excludes halogenated alkanes) is 3. The Hall–Kier alpha value is -2.04. The summed E-state index contributed by atoms with van der Waals surface area (Å²) in [5.74, 6) is 0.352. The minimum absolute atomic E-state index is 0.0620. The van der Waals surface area contributed by atoms with Gasteiger partial charge in [-0.15, -0.1) is 0 Å². The van der Waals surface area contributed by atoms with Gasteiger partial charge in [-0.1, -0.05) is 26.2 Å². The molecule has 0 saturated carbocycles. The first-order valence-corrected chi connectivity index (χ1v) is 8.12. The van der Waals surface area contributed by atoms with Crippen LogP contribution >= 0.6 is 0 Å². The molecule has 128 valence electrons. The first kappa shape index (κ1) is 19.0. The lowest BCUT2D eigenvalue weighted by atomic mass is 10.1. The molecule has 0 aliphatic rings. The predicted octanol–water partition coefficient (Wildman–Crippen LogP) is 3.28. The number of benzene rings is 1. The molecule has 0 unspecified atom stereocenters. The van der Waals surface area contributed by atoms with Crippen molar-refractivity contribution in [2.45, 2.75) is 39.0 Å². The molecule has 0 atom stereocenters. The van der Waals surface area contributed by atoms with Gasteiger partial charge in [0, 0.05) is 18.7 Å². The average Bonchev–Trinajstić information content (AvgIpc) is 2.60. The Labute approximate surface area is 138 Å². The summed E-state index contributed by atoms with van der Waals surface area (Å²) >= 11 is 0. The normalized spacial score (nSPS) is 10.2. The van der Waals surface area contributed by atoms with Gasteiger partial charge in [-0.25, -0.2) is 0 Å². The maximum atomic E-state index is 12.6. The molecule has 0 N–H and O–H groups in total. The largest absolute Gasteiger partial charge is 0.497 e. The summed E-state index contributed by atoms with van der Waals surface area (Å²) in [5.41, 5.74) is 0.603. The van der Waals surface area contributed by atoms with Crippen LogP contribution in [-0.2, 0) is 9.53 Å². The number of hydrogen-bond donors (Lipinski definition) is 0. The third-order valence-corrected chi connectivity index (χ3v) is 3.72. The van der Waals surface area contributed by atoms with Gasteiger partial charge in [0.2, 0.25) is 0 Å². The van der Waals surface area contributed by atoms with Crippen LogP contribution in [0.25, 0.3) is 0 Å². The van der Waals surface area contributed by atoms with Crippen molar-refractivity contribution in [1.29, 1.82) is 0 Å². The van der Waals surface area contributed by atoms with E-state index in [1.54, 1.807) is 36.3 Å². The second-order valence-electron chi connectivity index (χ2n) is 5.41. The molecular formula is C18H27NO4. The monoisotopic (exact) mass is 321 g/mol. The second-order valence-corrected chi connectivity index (χ2v) is 5.41. The van der Waals surface area contributed by atoms with Gasteiger partial charge < -0.3 is 14.4 Å². The van der Waals surface area contributed by atoms with E-state index < -0.39 is 0 Å². The van der Waals surface area contributed by atoms with Crippen molar-refractivity contribution in [1.82, 2.24) is 4.90 Å². The Morgan fingerprint density at radius 2 is 1.70 bits per heavy atom. The van der Waals surface area contributed by atoms with E-state index in [1.807, 2.05) is 0 Å². The van der Waals surface area contributed by atoms with E-state index in [2.05, 4.69) is 11.7 Å². The molecular weight excluding hydrogens is 294 g/mol. The lowest BCUT2D eigenvalue weighted by molar-refractivity contribution is -0.140. The highest BCUT2D eigenvalue weighted by atomic mass is 16.5. The molecule has 1 aromatic rings. The number of nitrogens with zero attached hydrogens (tertiary/aromatic N) is 1. The Morgan fingerprint density at radius 1 is 1.00 bits per heavy atom. The molecule has 0 saturated heterocycles. The van der Waals surface area contributed by atoms with E-state index in [4.69, 9.17) is 4.74 Å². The Kier molecular flexibility index (Phi) is 8.80. The molecule has 5 nitrogen and oxygen atoms in total. The predicted molar refractivity (Wildman–Crippen MR) is 89.7 cm³/mol. The first-order chi connectivity index (χ1) is 11.1. The average molecular weight is 321 g/mol. The fraction of sp³-hybridized carbons (Fsp3) is 0.556. The van der Waals surface area contributed by atoms with Crippen LogP contribution in [0.15, 0.2) is 24.3 Å². The molecule has 0 bridgehead atoms. The van der Waals surface area contributed by atoms with Crippen molar-refractivity contribution in [2.75, 3.05) is 27.3 Å². The Bertz CT molecular complexity index is 484. The molecule has 0 aliphatic heterocycles. The fourth-order valence-corrected chi connectivity index (χ4v) is 2.29. The lowest BCUT2D eigenvalue weighted by Crippen LogP contribution is -2.34. The van der Waals surface area contributed by atoms with Crippen molar-refractivity contribution in [3.63, 3.8) is 0 Å². The number of carbonyl (C=O) groups excluding carboxylic acids is 2. The van der Waals surface area contributed by atoms with E-state index in [0.717, 1.165) is 25.7 Å². The smallest absolute Gasteiger partial charge is 0.307 e. The first-order valence-electron chi connectivity index (χ1n) is 8.12. The van der Waals surface area contributed by atoms with E-state index in [0.29, 0.717) is 24.4 Å². The fourth-order valence-electron chi connectivity index (χ4n) is 2.29. The summed E-state index contributed by atoms with van der Waals surface area (Å²) in [6.45, 7) is 3.18. The molecule has 0 fully saturated rings. The van der Waals surface area contributed by atoms with Gasteiger partial charge in [-0.05, 0) is 30.7 Å². The highest BCUT2D eigenvalue weighted by Crippen LogP contribution is 2.14. The maximum absolute atomic E-state index is 12.6. The summed E-state index contributed by atoms with van der Waals surface area (Å²) in [6, 6.07) is 7.03. The Balaban J connectivity index is 2.70. The van der Waals surface area contributed by atoms with Gasteiger partial charge in [0.1, 0.15) is 5.75 Å². The Morgan fingerprint density at radius 3 is 2.26 bits per heavy atom. The number of rotatable bonds is 10. The molecule has 0 spiro atoms. The minimum Gasteiger partial charge on any atom is -0.497 e. The van der Waals surface area contributed by atoms with Gasteiger partial charge in [-0.2, -0.15) is 0 Å². The minimum atomic E-state index is -0.300. The summed E-state index contributed by atoms with van der Waals surface area (Å²) in [4.78, 5) is 25.7. The van der Waals surface area contributed by atoms with Gasteiger partial charge in [-0.3, -0.25) is 9.59 Å². The highest BCUT2D eigenvalue weighted by Gasteiger charge is 2.17. The van der Waals surface area contributed by atoms with Crippen LogP contribution < -0.4 is 4.74 Å². The highest BCUT2D eigenvalue weighted by molar-refractivity contribution is 5.94. The van der Waals surface area contributed by atoms with Crippen molar-refractivity contribution < 1.29 is 19.1 Å². The number of ether oxygens (including phenoxy) is 2. The SMILES string of the molecule is CCCCCCN(CCC(=O)OC)C(=O)c1ccc(OC)cc1. The third-order valence-electron chi connectivity index (χ3n) is 3.72. The van der Waals surface area contributed by atoms with Crippen LogP contribution in [0, 0.1) is 0 Å². The molecule has 1 rings (SSSR count). The molecule has 0 heterocycles. The molecule has 23 heavy (non-hydrogen) atoms. The summed E-state index contributed by atoms with van der Waals surface area (Å²) in [5, 5.41) is 0. The standard InChI is InChI=1S/C18H27NO4/c1-4-5-6-7-13-19(14-12-17(20)23-3)18(21)15-8-10-16(22-2)11-9-15/h8-11H,4-7,12-14H2,1-3H3.